The molecule has 2 fully saturated rings. The molecular formula is C23H26ClN3O5S. The van der Waals surface area contributed by atoms with E-state index in [1.165, 1.54) is 0 Å². The summed E-state index contributed by atoms with van der Waals surface area (Å²) in [4.78, 5) is 39.8. The van der Waals surface area contributed by atoms with E-state index in [2.05, 4.69) is 10.6 Å². The smallest absolute Gasteiger partial charge is 0.399 e. The summed E-state index contributed by atoms with van der Waals surface area (Å²) in [5, 5.41) is 6.14. The number of hydrogen-bond donors (Lipinski definition) is 2. The number of halogens is 1. The number of morpholine rings is 1. The van der Waals surface area contributed by atoms with Gasteiger partial charge < -0.3 is 25.0 Å². The second-order valence-corrected chi connectivity index (χ2v) is 9.95. The molecule has 1 aromatic carbocycles. The van der Waals surface area contributed by atoms with Crippen LogP contribution < -0.4 is 20.3 Å². The highest BCUT2D eigenvalue weighted by Crippen LogP contribution is 2.32. The second-order valence-electron chi connectivity index (χ2n) is 8.27. The molecule has 0 radical (unpaired) electrons. The van der Waals surface area contributed by atoms with E-state index < -0.39 is 11.6 Å². The molecule has 33 heavy (non-hydrogen) atoms. The van der Waals surface area contributed by atoms with Crippen LogP contribution in [0.15, 0.2) is 30.3 Å². The topological polar surface area (TPSA) is 97.0 Å². The highest BCUT2D eigenvalue weighted by atomic mass is 35.5. The van der Waals surface area contributed by atoms with E-state index in [-0.39, 0.29) is 18.4 Å². The van der Waals surface area contributed by atoms with E-state index in [1.54, 1.807) is 23.1 Å². The van der Waals surface area contributed by atoms with Crippen LogP contribution in [0.3, 0.4) is 0 Å². The lowest BCUT2D eigenvalue weighted by Crippen LogP contribution is -2.58. The van der Waals surface area contributed by atoms with Gasteiger partial charge in [0, 0.05) is 17.9 Å². The van der Waals surface area contributed by atoms with Crippen LogP contribution in [0.4, 0.5) is 16.2 Å². The molecule has 0 unspecified atom stereocenters. The minimum atomic E-state index is -1.05. The van der Waals surface area contributed by atoms with Gasteiger partial charge in [0.2, 0.25) is 5.91 Å². The van der Waals surface area contributed by atoms with E-state index in [1.807, 2.05) is 19.1 Å². The number of nitrogens with one attached hydrogen (secondary N) is 2. The Kier molecular flexibility index (Phi) is 7.21. The van der Waals surface area contributed by atoms with E-state index in [4.69, 9.17) is 21.1 Å². The van der Waals surface area contributed by atoms with Crippen molar-refractivity contribution in [1.29, 1.82) is 0 Å². The molecule has 4 rings (SSSR count). The van der Waals surface area contributed by atoms with Crippen molar-refractivity contribution in [3.63, 3.8) is 0 Å². The summed E-state index contributed by atoms with van der Waals surface area (Å²) in [7, 11) is 0. The van der Waals surface area contributed by atoms with Crippen molar-refractivity contribution in [2.24, 2.45) is 0 Å². The highest BCUT2D eigenvalue weighted by molar-refractivity contribution is 7.17. The molecule has 1 saturated carbocycles. The fraction of sp³-hybridized carbons (Fsp3) is 0.435. The third kappa shape index (κ3) is 5.48. The molecule has 3 amide bonds. The molecule has 8 nitrogen and oxygen atoms in total. The summed E-state index contributed by atoms with van der Waals surface area (Å²) in [6, 6.07) is 8.69. The van der Waals surface area contributed by atoms with Gasteiger partial charge in [0.15, 0.2) is 5.06 Å². The summed E-state index contributed by atoms with van der Waals surface area (Å²) in [5.41, 5.74) is 1.21. The minimum Gasteiger partial charge on any atom is -0.399 e. The molecule has 0 atom stereocenters. The van der Waals surface area contributed by atoms with Crippen molar-refractivity contribution in [2.45, 2.75) is 44.6 Å². The van der Waals surface area contributed by atoms with Crippen molar-refractivity contribution in [1.82, 2.24) is 5.32 Å². The van der Waals surface area contributed by atoms with Crippen LogP contribution in [0.2, 0.25) is 4.34 Å². The Morgan fingerprint density at radius 2 is 1.97 bits per heavy atom. The molecule has 1 saturated heterocycles. The monoisotopic (exact) mass is 491 g/mol. The molecule has 2 N–H and O–H groups in total. The Balaban J connectivity index is 1.47. The minimum absolute atomic E-state index is 0.0693. The number of ether oxygens (including phenoxy) is 2. The number of carbonyl (C=O) groups excluding carboxylic acids is 3. The first kappa shape index (κ1) is 23.5. The lowest BCUT2D eigenvalue weighted by molar-refractivity contribution is -0.125. The molecule has 2 aliphatic rings. The van der Waals surface area contributed by atoms with Crippen LogP contribution in [-0.4, -0.2) is 43.2 Å². The average Bonchev–Trinajstić information content (AvgIpc) is 3.19. The first-order chi connectivity index (χ1) is 15.9. The molecule has 1 aliphatic carbocycles. The highest BCUT2D eigenvalue weighted by Gasteiger charge is 2.41. The number of nitrogens with zero attached hydrogens (tertiary/aromatic N) is 1. The maximum absolute atomic E-state index is 13.4. The summed E-state index contributed by atoms with van der Waals surface area (Å²) in [6.07, 6.45) is 3.04. The van der Waals surface area contributed by atoms with E-state index in [0.717, 1.165) is 41.9 Å². The second kappa shape index (κ2) is 10.1. The van der Waals surface area contributed by atoms with Crippen molar-refractivity contribution in [2.75, 3.05) is 30.0 Å². The van der Waals surface area contributed by atoms with Crippen LogP contribution in [-0.2, 0) is 14.3 Å². The summed E-state index contributed by atoms with van der Waals surface area (Å²) >= 11 is 7.05. The molecule has 0 spiro atoms. The number of anilines is 2. The third-order valence-corrected chi connectivity index (χ3v) is 7.07. The maximum Gasteiger partial charge on any atom is 0.414 e. The van der Waals surface area contributed by atoms with Crippen molar-refractivity contribution in [3.05, 3.63) is 40.2 Å². The van der Waals surface area contributed by atoms with Gasteiger partial charge in [0.1, 0.15) is 12.1 Å². The van der Waals surface area contributed by atoms with Crippen LogP contribution in [0.25, 0.3) is 0 Å². The average molecular weight is 492 g/mol. The standard InChI is InChI=1S/C23H26ClN3O5S/c1-15-13-16(5-6-17(15)27-11-12-31-14-19(27)28)25-21(29)23(9-3-2-4-10-23)26-22(30)32-20-8-7-18(24)33-20/h5-8,13H,2-4,9-12,14H2,1H3,(H,25,29)(H,26,30). The molecule has 1 aromatic heterocycles. The zero-order chi connectivity index (χ0) is 23.4. The van der Waals surface area contributed by atoms with Gasteiger partial charge in [-0.25, -0.2) is 4.79 Å². The van der Waals surface area contributed by atoms with Crippen LogP contribution in [0.5, 0.6) is 5.06 Å². The Morgan fingerprint density at radius 1 is 1.18 bits per heavy atom. The van der Waals surface area contributed by atoms with Gasteiger partial charge in [-0.1, -0.05) is 42.2 Å². The van der Waals surface area contributed by atoms with Gasteiger partial charge in [-0.2, -0.15) is 0 Å². The molecule has 10 heteroatoms. The van der Waals surface area contributed by atoms with E-state index in [9.17, 15) is 14.4 Å². The van der Waals surface area contributed by atoms with E-state index >= 15 is 0 Å². The first-order valence-electron chi connectivity index (χ1n) is 10.9. The number of thiophene rings is 1. The van der Waals surface area contributed by atoms with Gasteiger partial charge >= 0.3 is 6.09 Å². The maximum atomic E-state index is 13.4. The van der Waals surface area contributed by atoms with Gasteiger partial charge in [0.25, 0.3) is 5.91 Å². The van der Waals surface area contributed by atoms with Gasteiger partial charge in [-0.3, -0.25) is 9.59 Å². The van der Waals surface area contributed by atoms with Crippen LogP contribution >= 0.6 is 22.9 Å². The Hall–Kier alpha value is -2.62. The SMILES string of the molecule is Cc1cc(NC(=O)C2(NC(=O)Oc3ccc(Cl)s3)CCCCC2)ccc1N1CCOCC1=O. The summed E-state index contributed by atoms with van der Waals surface area (Å²) in [5.74, 6) is -0.366. The molecular weight excluding hydrogens is 466 g/mol. The number of benzene rings is 1. The Bertz CT molecular complexity index is 1050. The molecule has 176 valence electrons. The van der Waals surface area contributed by atoms with Gasteiger partial charge in [-0.15, -0.1) is 0 Å². The molecule has 1 aliphatic heterocycles. The quantitative estimate of drug-likeness (QED) is 0.641. The van der Waals surface area contributed by atoms with Gasteiger partial charge in [-0.05, 0) is 55.7 Å². The predicted octanol–water partition coefficient (Wildman–Crippen LogP) is 4.50. The summed E-state index contributed by atoms with van der Waals surface area (Å²) < 4.78 is 11.0. The van der Waals surface area contributed by atoms with Crippen molar-refractivity contribution in [3.8, 4) is 5.06 Å². The number of amides is 3. The van der Waals surface area contributed by atoms with Crippen molar-refractivity contribution >= 4 is 52.2 Å². The fourth-order valence-corrected chi connectivity index (χ4v) is 5.16. The van der Waals surface area contributed by atoms with Crippen LogP contribution in [0, 0.1) is 6.92 Å². The third-order valence-electron chi connectivity index (χ3n) is 5.96. The number of hydrogen-bond acceptors (Lipinski definition) is 6. The molecule has 0 bridgehead atoms. The Labute approximate surface area is 201 Å². The molecule has 2 heterocycles. The predicted molar refractivity (Wildman–Crippen MR) is 127 cm³/mol. The lowest BCUT2D eigenvalue weighted by Gasteiger charge is -2.36. The van der Waals surface area contributed by atoms with E-state index in [0.29, 0.717) is 41.1 Å². The Morgan fingerprint density at radius 3 is 2.64 bits per heavy atom. The normalized spacial score (nSPS) is 18.0. The summed E-state index contributed by atoms with van der Waals surface area (Å²) in [6.45, 7) is 2.95. The zero-order valence-corrected chi connectivity index (χ0v) is 19.9. The number of aryl methyl sites for hydroxylation is 1. The number of rotatable bonds is 5. The number of carbonyl (C=O) groups is 3. The lowest BCUT2D eigenvalue weighted by atomic mass is 9.81. The largest absolute Gasteiger partial charge is 0.414 e. The fourth-order valence-electron chi connectivity index (χ4n) is 4.29. The zero-order valence-electron chi connectivity index (χ0n) is 18.3. The van der Waals surface area contributed by atoms with Crippen LogP contribution in [0.1, 0.15) is 37.7 Å². The van der Waals surface area contributed by atoms with Gasteiger partial charge in [0.05, 0.1) is 10.9 Å². The molecule has 2 aromatic rings. The van der Waals surface area contributed by atoms with Crippen molar-refractivity contribution < 1.29 is 23.9 Å². The first-order valence-corrected chi connectivity index (χ1v) is 12.1.